The number of hydrogen-bond donors (Lipinski definition) is 1. The Morgan fingerprint density at radius 2 is 2.25 bits per heavy atom. The van der Waals surface area contributed by atoms with Crippen molar-refractivity contribution < 1.29 is 18.7 Å². The number of nitrogens with one attached hydrogen (secondary N) is 1. The molecule has 1 N–H and O–H groups in total. The monoisotopic (exact) mass is 389 g/mol. The van der Waals surface area contributed by atoms with Crippen molar-refractivity contribution in [1.29, 1.82) is 0 Å². The highest BCUT2D eigenvalue weighted by atomic mass is 19.1. The Kier molecular flexibility index (Phi) is 5.93. The first-order valence-corrected chi connectivity index (χ1v) is 9.09. The van der Waals surface area contributed by atoms with Gasteiger partial charge in [0, 0.05) is 17.8 Å². The molecule has 8 nitrogen and oxygen atoms in total. The highest BCUT2D eigenvalue weighted by Crippen LogP contribution is 2.25. The Morgan fingerprint density at radius 3 is 2.93 bits per heavy atom. The van der Waals surface area contributed by atoms with E-state index in [1.807, 2.05) is 24.8 Å². The Labute approximate surface area is 163 Å². The quantitative estimate of drug-likeness (QED) is 0.745. The maximum absolute atomic E-state index is 13.7. The van der Waals surface area contributed by atoms with Gasteiger partial charge in [-0.2, -0.15) is 0 Å². The van der Waals surface area contributed by atoms with Gasteiger partial charge in [0.25, 0.3) is 0 Å². The molecule has 0 saturated carbocycles. The van der Waals surface area contributed by atoms with Crippen LogP contribution >= 0.6 is 0 Å². The number of pyridine rings is 1. The van der Waals surface area contributed by atoms with Crippen LogP contribution in [0, 0.1) is 5.82 Å². The Hall–Kier alpha value is -2.94. The van der Waals surface area contributed by atoms with Crippen molar-refractivity contribution in [3.8, 4) is 5.88 Å². The first-order chi connectivity index (χ1) is 13.4. The smallest absolute Gasteiger partial charge is 0.339 e. The molecule has 0 unspecified atom stereocenters. The largest absolute Gasteiger partial charge is 0.481 e. The minimum absolute atomic E-state index is 0.0592. The summed E-state index contributed by atoms with van der Waals surface area (Å²) in [4.78, 5) is 22.8. The van der Waals surface area contributed by atoms with E-state index in [1.165, 1.54) is 13.2 Å². The molecule has 0 aromatic carbocycles. The van der Waals surface area contributed by atoms with E-state index in [-0.39, 0.29) is 6.04 Å². The second kappa shape index (κ2) is 8.39. The third-order valence-electron chi connectivity index (χ3n) is 4.38. The first-order valence-electron chi connectivity index (χ1n) is 9.09. The predicted molar refractivity (Wildman–Crippen MR) is 102 cm³/mol. The van der Waals surface area contributed by atoms with Crippen molar-refractivity contribution in [1.82, 2.24) is 20.3 Å². The summed E-state index contributed by atoms with van der Waals surface area (Å²) in [5.74, 6) is 0.698. The molecule has 3 heterocycles. The summed E-state index contributed by atoms with van der Waals surface area (Å²) in [6, 6.07) is 1.46. The highest BCUT2D eigenvalue weighted by molar-refractivity contribution is 5.97. The average molecular weight is 389 g/mol. The minimum atomic E-state index is -0.431. The zero-order valence-corrected chi connectivity index (χ0v) is 16.4. The zero-order chi connectivity index (χ0) is 20.3. The lowest BCUT2D eigenvalue weighted by Gasteiger charge is -2.31. The number of nitrogens with zero attached hydrogens (tertiary/aromatic N) is 4. The third kappa shape index (κ3) is 3.99. The fourth-order valence-electron chi connectivity index (χ4n) is 3.01. The third-order valence-corrected chi connectivity index (χ3v) is 4.38. The molecule has 2 aliphatic rings. The molecule has 0 bridgehead atoms. The Bertz CT molecular complexity index is 850. The fraction of sp³-hybridized carbons (Fsp3) is 0.421. The summed E-state index contributed by atoms with van der Waals surface area (Å²) in [6.07, 6.45) is 4.77. The molecule has 1 aromatic heterocycles. The molecule has 3 rings (SSSR count). The molecule has 2 aliphatic heterocycles. The number of methoxy groups -OCH3 is 1. The molecule has 0 fully saturated rings. The zero-order valence-electron chi connectivity index (χ0n) is 16.4. The summed E-state index contributed by atoms with van der Waals surface area (Å²) < 4.78 is 24.1. The molecule has 28 heavy (non-hydrogen) atoms. The van der Waals surface area contributed by atoms with Gasteiger partial charge in [-0.05, 0) is 32.9 Å². The van der Waals surface area contributed by atoms with Crippen LogP contribution in [-0.2, 0) is 16.1 Å². The highest BCUT2D eigenvalue weighted by Gasteiger charge is 2.30. The molecule has 9 heteroatoms. The predicted octanol–water partition coefficient (Wildman–Crippen LogP) is 1.96. The van der Waals surface area contributed by atoms with Crippen molar-refractivity contribution in [3.05, 3.63) is 47.3 Å². The van der Waals surface area contributed by atoms with Crippen LogP contribution < -0.4 is 10.2 Å². The second-order valence-corrected chi connectivity index (χ2v) is 6.56. The standard InChI is InChI=1S/C19H24FN5O3/c1-5-28-19(26)15-10-22-25-7-6-16(23-17(15)25)24(12(2)3)11-13-8-14(20)9-21-18(13)27-4/h6-9,12,22H,5,10-11H2,1-4H3. The molecule has 0 saturated heterocycles. The van der Waals surface area contributed by atoms with Gasteiger partial charge in [0.2, 0.25) is 5.88 Å². The molecule has 1 aromatic rings. The molecular weight excluding hydrogens is 365 g/mol. The second-order valence-electron chi connectivity index (χ2n) is 6.56. The molecule has 0 spiro atoms. The molecule has 0 aliphatic carbocycles. The van der Waals surface area contributed by atoms with Gasteiger partial charge in [0.15, 0.2) is 5.82 Å². The van der Waals surface area contributed by atoms with Gasteiger partial charge >= 0.3 is 5.97 Å². The Morgan fingerprint density at radius 1 is 1.46 bits per heavy atom. The number of ether oxygens (including phenoxy) is 2. The Balaban J connectivity index is 1.94. The number of esters is 1. The minimum Gasteiger partial charge on any atom is -0.481 e. The maximum atomic E-state index is 13.7. The van der Waals surface area contributed by atoms with Gasteiger partial charge < -0.3 is 14.4 Å². The topological polar surface area (TPSA) is 79.3 Å². The molecule has 0 radical (unpaired) electrons. The molecule has 0 atom stereocenters. The number of rotatable bonds is 6. The van der Waals surface area contributed by atoms with Crippen molar-refractivity contribution >= 4 is 11.8 Å². The summed E-state index contributed by atoms with van der Waals surface area (Å²) in [5, 5.41) is 1.69. The van der Waals surface area contributed by atoms with Gasteiger partial charge in [-0.25, -0.2) is 24.6 Å². The van der Waals surface area contributed by atoms with E-state index in [0.717, 1.165) is 6.20 Å². The van der Waals surface area contributed by atoms with Crippen molar-refractivity contribution in [2.45, 2.75) is 33.4 Å². The van der Waals surface area contributed by atoms with Crippen LogP contribution in [0.1, 0.15) is 26.3 Å². The lowest BCUT2D eigenvalue weighted by molar-refractivity contribution is -0.138. The van der Waals surface area contributed by atoms with Crippen LogP contribution in [0.15, 0.2) is 40.9 Å². The summed E-state index contributed by atoms with van der Waals surface area (Å²) in [5.41, 5.74) is 4.16. The van der Waals surface area contributed by atoms with E-state index in [4.69, 9.17) is 9.47 Å². The number of hydrazine groups is 1. The first kappa shape index (κ1) is 19.8. The number of carbonyl (C=O) groups is 1. The molecular formula is C19H24FN5O3. The number of halogens is 1. The van der Waals surface area contributed by atoms with E-state index >= 15 is 0 Å². The number of aliphatic imine (C=N–C) groups is 1. The van der Waals surface area contributed by atoms with Gasteiger partial charge in [-0.15, -0.1) is 0 Å². The number of hydrogen-bond acceptors (Lipinski definition) is 8. The van der Waals surface area contributed by atoms with Crippen LogP contribution in [0.5, 0.6) is 5.88 Å². The van der Waals surface area contributed by atoms with Crippen LogP contribution in [0.2, 0.25) is 0 Å². The lowest BCUT2D eigenvalue weighted by atomic mass is 10.2. The van der Waals surface area contributed by atoms with E-state index < -0.39 is 11.8 Å². The van der Waals surface area contributed by atoms with Crippen LogP contribution in [0.25, 0.3) is 0 Å². The van der Waals surface area contributed by atoms with Gasteiger partial charge in [0.1, 0.15) is 11.7 Å². The van der Waals surface area contributed by atoms with Crippen molar-refractivity contribution in [2.24, 2.45) is 4.99 Å². The van der Waals surface area contributed by atoms with Gasteiger partial charge in [-0.3, -0.25) is 5.01 Å². The number of carbonyl (C=O) groups excluding carboxylic acids is 1. The summed E-state index contributed by atoms with van der Waals surface area (Å²) in [6.45, 7) is 6.78. The van der Waals surface area contributed by atoms with E-state index in [2.05, 4.69) is 15.4 Å². The lowest BCUT2D eigenvalue weighted by Crippen LogP contribution is -2.38. The fourth-order valence-corrected chi connectivity index (χ4v) is 3.01. The van der Waals surface area contributed by atoms with Crippen molar-refractivity contribution in [3.63, 3.8) is 0 Å². The maximum Gasteiger partial charge on any atom is 0.339 e. The number of amidine groups is 1. The SMILES string of the molecule is CCOC(=O)C1=C2N=C(N(Cc3cc(F)cnc3OC)C(C)C)C=CN2NC1. The number of fused-ring (bicyclic) bond motifs is 1. The van der Waals surface area contributed by atoms with E-state index in [9.17, 15) is 9.18 Å². The van der Waals surface area contributed by atoms with Crippen LogP contribution in [0.3, 0.4) is 0 Å². The van der Waals surface area contributed by atoms with E-state index in [1.54, 1.807) is 18.1 Å². The van der Waals surface area contributed by atoms with Gasteiger partial charge in [0.05, 0.1) is 38.6 Å². The van der Waals surface area contributed by atoms with Crippen LogP contribution in [-0.4, -0.2) is 53.0 Å². The average Bonchev–Trinajstić information content (AvgIpc) is 3.09. The molecule has 150 valence electrons. The van der Waals surface area contributed by atoms with Crippen molar-refractivity contribution in [2.75, 3.05) is 20.3 Å². The normalized spacial score (nSPS) is 15.6. The van der Waals surface area contributed by atoms with Gasteiger partial charge in [-0.1, -0.05) is 0 Å². The summed E-state index contributed by atoms with van der Waals surface area (Å²) in [7, 11) is 1.50. The molecule has 0 amide bonds. The van der Waals surface area contributed by atoms with E-state index in [0.29, 0.717) is 48.4 Å². The number of aromatic nitrogens is 1. The summed E-state index contributed by atoms with van der Waals surface area (Å²) >= 11 is 0. The van der Waals surface area contributed by atoms with Crippen LogP contribution in [0.4, 0.5) is 4.39 Å².